The van der Waals surface area contributed by atoms with E-state index in [0.717, 1.165) is 11.1 Å². The molecule has 0 aromatic rings. The number of amidine groups is 1. The van der Waals surface area contributed by atoms with Gasteiger partial charge in [0.2, 0.25) is 0 Å². The quantitative estimate of drug-likeness (QED) is 0.802. The number of hydrogen-bond acceptors (Lipinski definition) is 3. The van der Waals surface area contributed by atoms with Gasteiger partial charge in [-0.25, -0.2) is 0 Å². The average Bonchev–Trinajstić information content (AvgIpc) is 2.14. The first-order valence-electron chi connectivity index (χ1n) is 6.98. The van der Waals surface area contributed by atoms with Gasteiger partial charge in [0.1, 0.15) is 0 Å². The molecule has 1 heterocycles. The molecular weight excluding hydrogens is 228 g/mol. The molecule has 1 aliphatic heterocycles. The van der Waals surface area contributed by atoms with Gasteiger partial charge in [-0.3, -0.25) is 4.99 Å². The summed E-state index contributed by atoms with van der Waals surface area (Å²) in [5, 5.41) is 5.43. The maximum Gasteiger partial charge on any atom is 0.157 e. The third-order valence-electron chi connectivity index (χ3n) is 3.11. The largest absolute Gasteiger partial charge is 0.362 e. The number of nitrogens with one attached hydrogen (secondary N) is 1. The molecule has 3 heteroatoms. The van der Waals surface area contributed by atoms with Gasteiger partial charge in [-0.1, -0.05) is 45.4 Å². The van der Waals surface area contributed by atoms with E-state index in [4.69, 9.17) is 0 Å². The van der Waals surface area contributed by atoms with Crippen LogP contribution in [0.3, 0.4) is 0 Å². The number of aliphatic imine (C=N–C) groups is 1. The van der Waals surface area contributed by atoms with Crippen LogP contribution in [-0.4, -0.2) is 22.5 Å². The zero-order valence-corrected chi connectivity index (χ0v) is 12.8. The smallest absolute Gasteiger partial charge is 0.157 e. The van der Waals surface area contributed by atoms with Gasteiger partial charge in [-0.2, -0.15) is 0 Å². The highest BCUT2D eigenvalue weighted by molar-refractivity contribution is 8.14. The second-order valence-corrected chi connectivity index (χ2v) is 7.24. The van der Waals surface area contributed by atoms with Crippen molar-refractivity contribution in [2.24, 2.45) is 10.9 Å². The van der Waals surface area contributed by atoms with Crippen molar-refractivity contribution >= 4 is 16.9 Å². The first-order valence-corrected chi connectivity index (χ1v) is 7.86. The third-order valence-corrected chi connectivity index (χ3v) is 4.15. The van der Waals surface area contributed by atoms with Crippen LogP contribution in [-0.2, 0) is 0 Å². The van der Waals surface area contributed by atoms with Crippen molar-refractivity contribution in [2.45, 2.75) is 77.6 Å². The zero-order valence-electron chi connectivity index (χ0n) is 12.0. The van der Waals surface area contributed by atoms with Gasteiger partial charge < -0.3 is 5.32 Å². The van der Waals surface area contributed by atoms with Gasteiger partial charge in [0.05, 0.1) is 6.04 Å². The van der Waals surface area contributed by atoms with Gasteiger partial charge in [-0.15, -0.1) is 0 Å². The molecule has 0 fully saturated rings. The van der Waals surface area contributed by atoms with Crippen molar-refractivity contribution in [1.82, 2.24) is 5.32 Å². The van der Waals surface area contributed by atoms with Crippen LogP contribution in [0, 0.1) is 5.92 Å². The van der Waals surface area contributed by atoms with E-state index in [2.05, 4.69) is 44.9 Å². The van der Waals surface area contributed by atoms with E-state index in [0.29, 0.717) is 17.3 Å². The van der Waals surface area contributed by atoms with Crippen LogP contribution in [0.2, 0.25) is 0 Å². The van der Waals surface area contributed by atoms with Crippen LogP contribution in [0.25, 0.3) is 0 Å². The van der Waals surface area contributed by atoms with Crippen LogP contribution >= 0.6 is 11.8 Å². The first-order chi connectivity index (χ1) is 7.97. The minimum Gasteiger partial charge on any atom is -0.362 e. The second kappa shape index (κ2) is 7.30. The van der Waals surface area contributed by atoms with Gasteiger partial charge in [0, 0.05) is 11.3 Å². The summed E-state index contributed by atoms with van der Waals surface area (Å²) in [7, 11) is 0. The molecule has 0 radical (unpaired) electrons. The number of rotatable bonds is 5. The molecular formula is C14H28N2S. The number of hydrogen-bond donors (Lipinski definition) is 1. The van der Waals surface area contributed by atoms with E-state index in [9.17, 15) is 0 Å². The van der Waals surface area contributed by atoms with E-state index < -0.39 is 0 Å². The Morgan fingerprint density at radius 1 is 1.29 bits per heavy atom. The zero-order chi connectivity index (χ0) is 12.8. The number of thioether (sulfide) groups is 1. The van der Waals surface area contributed by atoms with E-state index in [1.165, 1.54) is 25.7 Å². The highest BCUT2D eigenvalue weighted by Gasteiger charge is 2.19. The van der Waals surface area contributed by atoms with E-state index in [1.807, 2.05) is 11.8 Å². The minimum atomic E-state index is 0.483. The summed E-state index contributed by atoms with van der Waals surface area (Å²) >= 11 is 1.90. The van der Waals surface area contributed by atoms with Crippen LogP contribution in [0.15, 0.2) is 4.99 Å². The van der Waals surface area contributed by atoms with Crippen LogP contribution in [0.5, 0.6) is 0 Å². The Bertz CT molecular complexity index is 251. The topological polar surface area (TPSA) is 24.4 Å². The summed E-state index contributed by atoms with van der Waals surface area (Å²) in [6.07, 6.45) is 5.10. The molecule has 1 N–H and O–H groups in total. The maximum atomic E-state index is 4.68. The molecule has 2 nitrogen and oxygen atoms in total. The Labute approximate surface area is 111 Å². The fourth-order valence-electron chi connectivity index (χ4n) is 2.19. The van der Waals surface area contributed by atoms with Gasteiger partial charge in [-0.05, 0) is 32.6 Å². The molecule has 0 aromatic heterocycles. The molecule has 0 aliphatic carbocycles. The Kier molecular flexibility index (Phi) is 6.39. The summed E-state index contributed by atoms with van der Waals surface area (Å²) < 4.78 is 0. The van der Waals surface area contributed by atoms with E-state index >= 15 is 0 Å². The van der Waals surface area contributed by atoms with Crippen molar-refractivity contribution in [2.75, 3.05) is 0 Å². The Hall–Kier alpha value is -0.180. The molecule has 0 aromatic carbocycles. The SMILES string of the molecule is CC(C)CCCC(C)NC1=NC(C)CC(C)S1. The molecule has 0 spiro atoms. The Morgan fingerprint density at radius 2 is 2.00 bits per heavy atom. The minimum absolute atomic E-state index is 0.483. The Morgan fingerprint density at radius 3 is 2.59 bits per heavy atom. The summed E-state index contributed by atoms with van der Waals surface area (Å²) in [5.74, 6) is 0.823. The fourth-order valence-corrected chi connectivity index (χ4v) is 3.45. The average molecular weight is 256 g/mol. The van der Waals surface area contributed by atoms with Crippen molar-refractivity contribution in [3.8, 4) is 0 Å². The summed E-state index contributed by atoms with van der Waals surface area (Å²) in [6, 6.07) is 1.04. The maximum absolute atomic E-state index is 4.68. The van der Waals surface area contributed by atoms with Crippen molar-refractivity contribution in [1.29, 1.82) is 0 Å². The summed E-state index contributed by atoms with van der Waals surface area (Å²) in [5.41, 5.74) is 0. The fraction of sp³-hybridized carbons (Fsp3) is 0.929. The Balaban J connectivity index is 2.28. The van der Waals surface area contributed by atoms with Crippen LogP contribution < -0.4 is 5.32 Å². The predicted molar refractivity (Wildman–Crippen MR) is 79.9 cm³/mol. The molecule has 1 rings (SSSR count). The van der Waals surface area contributed by atoms with Gasteiger partial charge >= 0.3 is 0 Å². The standard InChI is InChI=1S/C14H28N2S/c1-10(2)7-6-8-11(3)15-14-16-12(4)9-13(5)17-14/h10-13H,6-9H2,1-5H3,(H,15,16). The molecule has 1 aliphatic rings. The van der Waals surface area contributed by atoms with Gasteiger partial charge in [0.15, 0.2) is 5.17 Å². The lowest BCUT2D eigenvalue weighted by Crippen LogP contribution is -2.35. The third kappa shape index (κ3) is 6.35. The number of nitrogens with zero attached hydrogens (tertiary/aromatic N) is 1. The van der Waals surface area contributed by atoms with Crippen LogP contribution in [0.1, 0.15) is 60.3 Å². The summed E-state index contributed by atoms with van der Waals surface area (Å²) in [6.45, 7) is 11.4. The molecule has 0 amide bonds. The molecule has 3 atom stereocenters. The highest BCUT2D eigenvalue weighted by Crippen LogP contribution is 2.24. The lowest BCUT2D eigenvalue weighted by atomic mass is 10.0. The molecule has 100 valence electrons. The lowest BCUT2D eigenvalue weighted by molar-refractivity contribution is 0.494. The molecule has 17 heavy (non-hydrogen) atoms. The summed E-state index contributed by atoms with van der Waals surface area (Å²) in [4.78, 5) is 4.68. The molecule has 0 bridgehead atoms. The van der Waals surface area contributed by atoms with E-state index in [-0.39, 0.29) is 0 Å². The predicted octanol–water partition coefficient (Wildman–Crippen LogP) is 4.06. The van der Waals surface area contributed by atoms with Crippen molar-refractivity contribution in [3.63, 3.8) is 0 Å². The van der Waals surface area contributed by atoms with E-state index in [1.54, 1.807) is 0 Å². The van der Waals surface area contributed by atoms with Crippen molar-refractivity contribution < 1.29 is 0 Å². The molecule has 0 saturated heterocycles. The van der Waals surface area contributed by atoms with Crippen LogP contribution in [0.4, 0.5) is 0 Å². The molecule has 3 unspecified atom stereocenters. The monoisotopic (exact) mass is 256 g/mol. The first kappa shape index (κ1) is 14.9. The second-order valence-electron chi connectivity index (χ2n) is 5.82. The molecule has 0 saturated carbocycles. The normalized spacial score (nSPS) is 26.8. The van der Waals surface area contributed by atoms with Crippen molar-refractivity contribution in [3.05, 3.63) is 0 Å². The lowest BCUT2D eigenvalue weighted by Gasteiger charge is -2.25. The highest BCUT2D eigenvalue weighted by atomic mass is 32.2. The van der Waals surface area contributed by atoms with Gasteiger partial charge in [0.25, 0.3) is 0 Å².